The monoisotopic (exact) mass is 430 g/mol. The molecule has 0 aromatic heterocycles. The number of esters is 1. The summed E-state index contributed by atoms with van der Waals surface area (Å²) in [5, 5.41) is 0.473. The summed E-state index contributed by atoms with van der Waals surface area (Å²) < 4.78 is 32.8. The molecule has 0 bridgehead atoms. The Labute approximate surface area is 167 Å². The molecule has 1 N–H and O–H groups in total. The number of ether oxygens (including phenoxy) is 1. The highest BCUT2D eigenvalue weighted by atomic mass is 35.5. The number of benzene rings is 2. The van der Waals surface area contributed by atoms with Gasteiger partial charge < -0.3 is 4.74 Å². The minimum atomic E-state index is -4.23. The van der Waals surface area contributed by atoms with Crippen LogP contribution in [0.5, 0.6) is 0 Å². The lowest BCUT2D eigenvalue weighted by Gasteiger charge is -2.25. The quantitative estimate of drug-likeness (QED) is 0.710. The van der Waals surface area contributed by atoms with E-state index in [0.717, 1.165) is 11.2 Å². The zero-order valence-electron chi connectivity index (χ0n) is 14.4. The topological polar surface area (TPSA) is 92.8 Å². The van der Waals surface area contributed by atoms with Gasteiger partial charge in [0, 0.05) is 6.92 Å². The van der Waals surface area contributed by atoms with Gasteiger partial charge in [-0.15, -0.1) is 0 Å². The van der Waals surface area contributed by atoms with Crippen molar-refractivity contribution >= 4 is 51.0 Å². The lowest BCUT2D eigenvalue weighted by molar-refractivity contribution is -0.117. The molecule has 0 unspecified atom stereocenters. The van der Waals surface area contributed by atoms with E-state index in [-0.39, 0.29) is 27.8 Å². The zero-order chi connectivity index (χ0) is 20.2. The van der Waals surface area contributed by atoms with E-state index in [4.69, 9.17) is 23.2 Å². The van der Waals surface area contributed by atoms with E-state index >= 15 is 0 Å². The Morgan fingerprint density at radius 3 is 2.30 bits per heavy atom. The Kier molecular flexibility index (Phi) is 6.69. The predicted molar refractivity (Wildman–Crippen MR) is 103 cm³/mol. The number of carbonyl (C=O) groups excluding carboxylic acids is 2. The van der Waals surface area contributed by atoms with Gasteiger partial charge in [0.05, 0.1) is 35.0 Å². The van der Waals surface area contributed by atoms with Gasteiger partial charge in [-0.25, -0.2) is 13.8 Å². The molecular formula is C17H16Cl2N2O5S. The molecule has 0 aliphatic rings. The first kappa shape index (κ1) is 21.0. The molecule has 2 rings (SSSR count). The summed E-state index contributed by atoms with van der Waals surface area (Å²) in [6.07, 6.45) is 0. The highest BCUT2D eigenvalue weighted by molar-refractivity contribution is 7.91. The second-order valence-corrected chi connectivity index (χ2v) is 7.80. The number of rotatable bonds is 6. The Morgan fingerprint density at radius 2 is 1.74 bits per heavy atom. The molecule has 0 saturated carbocycles. The SMILES string of the molecule is COC(=O)c1ccc(N(Cc2cccc(Cl)c2Cl)S(=O)(=O)NC(C)=O)cc1. The lowest BCUT2D eigenvalue weighted by Crippen LogP contribution is -2.42. The van der Waals surface area contributed by atoms with Gasteiger partial charge in [0.1, 0.15) is 0 Å². The van der Waals surface area contributed by atoms with Crippen molar-refractivity contribution in [1.29, 1.82) is 0 Å². The van der Waals surface area contributed by atoms with E-state index in [1.807, 2.05) is 4.72 Å². The van der Waals surface area contributed by atoms with Gasteiger partial charge in [-0.2, -0.15) is 8.42 Å². The van der Waals surface area contributed by atoms with Crippen LogP contribution in [0.1, 0.15) is 22.8 Å². The molecule has 10 heteroatoms. The lowest BCUT2D eigenvalue weighted by atomic mass is 10.2. The van der Waals surface area contributed by atoms with Crippen molar-refractivity contribution in [2.45, 2.75) is 13.5 Å². The number of hydrogen-bond acceptors (Lipinski definition) is 5. The summed E-state index contributed by atoms with van der Waals surface area (Å²) in [5.41, 5.74) is 0.904. The van der Waals surface area contributed by atoms with Crippen molar-refractivity contribution in [2.75, 3.05) is 11.4 Å². The van der Waals surface area contributed by atoms with Gasteiger partial charge in [0.15, 0.2) is 0 Å². The number of amides is 1. The van der Waals surface area contributed by atoms with Gasteiger partial charge >= 0.3 is 16.2 Å². The Bertz CT molecular complexity index is 962. The third-order valence-electron chi connectivity index (χ3n) is 3.48. The third kappa shape index (κ3) is 5.12. The summed E-state index contributed by atoms with van der Waals surface area (Å²) >= 11 is 12.2. The maximum atomic E-state index is 12.6. The van der Waals surface area contributed by atoms with Crippen molar-refractivity contribution in [3.8, 4) is 0 Å². The molecule has 7 nitrogen and oxygen atoms in total. The normalized spacial score (nSPS) is 11.0. The number of nitrogens with one attached hydrogen (secondary N) is 1. The number of halogens is 2. The first-order chi connectivity index (χ1) is 12.7. The smallest absolute Gasteiger partial charge is 0.337 e. The molecule has 2 aromatic carbocycles. The number of carbonyl (C=O) groups is 2. The maximum Gasteiger partial charge on any atom is 0.337 e. The second-order valence-electron chi connectivity index (χ2n) is 5.42. The van der Waals surface area contributed by atoms with Crippen LogP contribution in [0.3, 0.4) is 0 Å². The Hall–Kier alpha value is -2.29. The van der Waals surface area contributed by atoms with E-state index in [1.54, 1.807) is 18.2 Å². The summed E-state index contributed by atoms with van der Waals surface area (Å²) in [4.78, 5) is 22.9. The van der Waals surface area contributed by atoms with Crippen molar-refractivity contribution in [3.63, 3.8) is 0 Å². The van der Waals surface area contributed by atoms with E-state index in [0.29, 0.717) is 5.56 Å². The molecule has 0 spiro atoms. The van der Waals surface area contributed by atoms with Crippen molar-refractivity contribution in [2.24, 2.45) is 0 Å². The first-order valence-electron chi connectivity index (χ1n) is 7.58. The van der Waals surface area contributed by atoms with Crippen molar-refractivity contribution < 1.29 is 22.7 Å². The zero-order valence-corrected chi connectivity index (χ0v) is 16.7. The molecule has 27 heavy (non-hydrogen) atoms. The van der Waals surface area contributed by atoms with E-state index in [9.17, 15) is 18.0 Å². The highest BCUT2D eigenvalue weighted by Crippen LogP contribution is 2.29. The van der Waals surface area contributed by atoms with Crippen molar-refractivity contribution in [1.82, 2.24) is 4.72 Å². The van der Waals surface area contributed by atoms with Crippen LogP contribution < -0.4 is 9.03 Å². The van der Waals surface area contributed by atoms with Crippen LogP contribution >= 0.6 is 23.2 Å². The number of methoxy groups -OCH3 is 1. The fraction of sp³-hybridized carbons (Fsp3) is 0.176. The Balaban J connectivity index is 2.48. The molecule has 0 aliphatic carbocycles. The van der Waals surface area contributed by atoms with Crippen LogP contribution in [-0.4, -0.2) is 27.4 Å². The first-order valence-corrected chi connectivity index (χ1v) is 9.77. The van der Waals surface area contributed by atoms with Crippen LogP contribution in [0.15, 0.2) is 42.5 Å². The molecule has 0 fully saturated rings. The average molecular weight is 431 g/mol. The fourth-order valence-corrected chi connectivity index (χ4v) is 3.82. The molecule has 0 heterocycles. The standard InChI is InChI=1S/C17H16Cl2N2O5S/c1-11(22)20-27(24,25)21(10-13-4-3-5-15(18)16(13)19)14-8-6-12(7-9-14)17(23)26-2/h3-9H,10H2,1-2H3,(H,20,22). The minimum absolute atomic E-state index is 0.181. The minimum Gasteiger partial charge on any atom is -0.465 e. The fourth-order valence-electron chi connectivity index (χ4n) is 2.26. The molecular weight excluding hydrogens is 415 g/mol. The second kappa shape index (κ2) is 8.60. The highest BCUT2D eigenvalue weighted by Gasteiger charge is 2.25. The van der Waals surface area contributed by atoms with Crippen LogP contribution in [0, 0.1) is 0 Å². The molecule has 0 saturated heterocycles. The number of nitrogens with zero attached hydrogens (tertiary/aromatic N) is 1. The van der Waals surface area contributed by atoms with Crippen LogP contribution in [0.2, 0.25) is 10.0 Å². The molecule has 2 aromatic rings. The van der Waals surface area contributed by atoms with E-state index < -0.39 is 22.1 Å². The summed E-state index contributed by atoms with van der Waals surface area (Å²) in [7, 11) is -2.98. The van der Waals surface area contributed by atoms with E-state index in [1.165, 1.54) is 31.4 Å². The summed E-state index contributed by atoms with van der Waals surface area (Å²) in [6.45, 7) is 0.905. The van der Waals surface area contributed by atoms with Crippen LogP contribution in [-0.2, 0) is 26.3 Å². The largest absolute Gasteiger partial charge is 0.465 e. The molecule has 144 valence electrons. The summed E-state index contributed by atoms with van der Waals surface area (Å²) in [6, 6.07) is 10.5. The third-order valence-corrected chi connectivity index (χ3v) is 5.81. The Morgan fingerprint density at radius 1 is 1.11 bits per heavy atom. The van der Waals surface area contributed by atoms with Gasteiger partial charge in [-0.1, -0.05) is 35.3 Å². The number of anilines is 1. The average Bonchev–Trinajstić information content (AvgIpc) is 2.61. The molecule has 0 radical (unpaired) electrons. The molecule has 0 aliphatic heterocycles. The van der Waals surface area contributed by atoms with Gasteiger partial charge in [0.25, 0.3) is 0 Å². The summed E-state index contributed by atoms with van der Waals surface area (Å²) in [5.74, 6) is -1.31. The van der Waals surface area contributed by atoms with Crippen LogP contribution in [0.25, 0.3) is 0 Å². The van der Waals surface area contributed by atoms with E-state index in [2.05, 4.69) is 4.74 Å². The van der Waals surface area contributed by atoms with Crippen molar-refractivity contribution in [3.05, 3.63) is 63.6 Å². The van der Waals surface area contributed by atoms with Gasteiger partial charge in [-0.05, 0) is 35.9 Å². The van der Waals surface area contributed by atoms with Crippen LogP contribution in [0.4, 0.5) is 5.69 Å². The molecule has 0 atom stereocenters. The van der Waals surface area contributed by atoms with Gasteiger partial charge in [0.2, 0.25) is 5.91 Å². The number of hydrogen-bond donors (Lipinski definition) is 1. The maximum absolute atomic E-state index is 12.6. The molecule has 1 amide bonds. The van der Waals surface area contributed by atoms with Gasteiger partial charge in [-0.3, -0.25) is 4.79 Å². The predicted octanol–water partition coefficient (Wildman–Crippen LogP) is 3.17.